The first-order valence-electron chi connectivity index (χ1n) is 10.2. The first-order chi connectivity index (χ1) is 15.0. The van der Waals surface area contributed by atoms with E-state index in [1.807, 2.05) is 67.6 Å². The molecule has 3 rings (SSSR count). The summed E-state index contributed by atoms with van der Waals surface area (Å²) in [5, 5.41) is 2.93. The number of hydrogen-bond acceptors (Lipinski definition) is 4. The molecule has 0 aliphatic heterocycles. The molecule has 0 unspecified atom stereocenters. The van der Waals surface area contributed by atoms with E-state index in [1.165, 1.54) is 0 Å². The molecule has 0 bridgehead atoms. The largest absolute Gasteiger partial charge is 0.497 e. The van der Waals surface area contributed by atoms with Gasteiger partial charge in [-0.05, 0) is 36.2 Å². The molecular weight excluding hydrogens is 390 g/mol. The van der Waals surface area contributed by atoms with Crippen LogP contribution in [0.1, 0.15) is 41.7 Å². The average Bonchev–Trinajstić information content (AvgIpc) is 2.82. The second kappa shape index (κ2) is 10.4. The van der Waals surface area contributed by atoms with E-state index >= 15 is 0 Å². The third-order valence-corrected chi connectivity index (χ3v) is 5.17. The minimum absolute atomic E-state index is 0.0543. The van der Waals surface area contributed by atoms with Gasteiger partial charge in [-0.25, -0.2) is 0 Å². The molecule has 0 radical (unpaired) electrons. The van der Waals surface area contributed by atoms with Crippen LogP contribution in [0.25, 0.3) is 11.1 Å². The van der Waals surface area contributed by atoms with Gasteiger partial charge >= 0.3 is 0 Å². The number of carbonyl (C=O) groups excluding carboxylic acids is 2. The Bertz CT molecular complexity index is 1030. The third-order valence-electron chi connectivity index (χ3n) is 5.17. The first kappa shape index (κ1) is 22.1. The van der Waals surface area contributed by atoms with E-state index in [2.05, 4.69) is 5.32 Å². The molecule has 160 valence electrons. The highest BCUT2D eigenvalue weighted by atomic mass is 16.5. The van der Waals surface area contributed by atoms with Gasteiger partial charge in [-0.15, -0.1) is 0 Å². The highest BCUT2D eigenvalue weighted by Crippen LogP contribution is 2.29. The van der Waals surface area contributed by atoms with E-state index in [0.717, 1.165) is 16.7 Å². The summed E-state index contributed by atoms with van der Waals surface area (Å²) in [5.41, 5.74) is 3.58. The second-order valence-corrected chi connectivity index (χ2v) is 7.26. The lowest BCUT2D eigenvalue weighted by Gasteiger charge is -2.18. The van der Waals surface area contributed by atoms with Crippen LogP contribution in [-0.4, -0.2) is 25.9 Å². The standard InChI is InChI=1S/C26H27NO4/c1-18(23-17-22(30-2)13-15-25(23)31-3)27-26(29)16-14-24(28)21-11-9-20(10-12-21)19-7-5-4-6-8-19/h4-13,15,17-18H,14,16H2,1-3H3,(H,27,29)/t18-/m1/s1. The van der Waals surface area contributed by atoms with Gasteiger partial charge in [-0.1, -0.05) is 54.6 Å². The zero-order valence-corrected chi connectivity index (χ0v) is 18.1. The smallest absolute Gasteiger partial charge is 0.220 e. The van der Waals surface area contributed by atoms with Gasteiger partial charge in [0.1, 0.15) is 11.5 Å². The summed E-state index contributed by atoms with van der Waals surface area (Å²) in [6.45, 7) is 1.87. The summed E-state index contributed by atoms with van der Waals surface area (Å²) in [6.07, 6.45) is 0.272. The molecule has 0 aliphatic rings. The fourth-order valence-corrected chi connectivity index (χ4v) is 3.42. The normalized spacial score (nSPS) is 11.5. The number of hydrogen-bond donors (Lipinski definition) is 1. The maximum atomic E-state index is 12.5. The van der Waals surface area contributed by atoms with Gasteiger partial charge in [0.05, 0.1) is 20.3 Å². The molecular formula is C26H27NO4. The van der Waals surface area contributed by atoms with Gasteiger partial charge in [0.15, 0.2) is 5.78 Å². The highest BCUT2D eigenvalue weighted by molar-refractivity contribution is 5.98. The van der Waals surface area contributed by atoms with Crippen LogP contribution in [0.5, 0.6) is 11.5 Å². The molecule has 0 heterocycles. The van der Waals surface area contributed by atoms with E-state index in [9.17, 15) is 9.59 Å². The van der Waals surface area contributed by atoms with Crippen molar-refractivity contribution in [1.82, 2.24) is 5.32 Å². The third kappa shape index (κ3) is 5.72. The summed E-state index contributed by atoms with van der Waals surface area (Å²) in [6, 6.07) is 22.6. The summed E-state index contributed by atoms with van der Waals surface area (Å²) >= 11 is 0. The number of ether oxygens (including phenoxy) is 2. The zero-order valence-electron chi connectivity index (χ0n) is 18.1. The lowest BCUT2D eigenvalue weighted by molar-refractivity contribution is -0.121. The number of Topliss-reactive ketones (excluding diaryl/α,β-unsaturated/α-hetero) is 1. The quantitative estimate of drug-likeness (QED) is 0.485. The summed E-state index contributed by atoms with van der Waals surface area (Å²) in [4.78, 5) is 24.9. The monoisotopic (exact) mass is 417 g/mol. The Hall–Kier alpha value is -3.60. The van der Waals surface area contributed by atoms with Gasteiger partial charge in [-0.2, -0.15) is 0 Å². The van der Waals surface area contributed by atoms with Crippen molar-refractivity contribution in [2.75, 3.05) is 14.2 Å². The Morgan fingerprint density at radius 3 is 2.16 bits per heavy atom. The topological polar surface area (TPSA) is 64.6 Å². The molecule has 0 spiro atoms. The highest BCUT2D eigenvalue weighted by Gasteiger charge is 2.16. The predicted molar refractivity (Wildman–Crippen MR) is 122 cm³/mol. The molecule has 0 saturated heterocycles. The minimum atomic E-state index is -0.280. The molecule has 1 amide bonds. The zero-order chi connectivity index (χ0) is 22.2. The van der Waals surface area contributed by atoms with Crippen LogP contribution >= 0.6 is 0 Å². The minimum Gasteiger partial charge on any atom is -0.497 e. The average molecular weight is 418 g/mol. The molecule has 31 heavy (non-hydrogen) atoms. The van der Waals surface area contributed by atoms with Crippen molar-refractivity contribution in [2.24, 2.45) is 0 Å². The molecule has 1 atom stereocenters. The van der Waals surface area contributed by atoms with Crippen molar-refractivity contribution in [3.05, 3.63) is 83.9 Å². The molecule has 1 N–H and O–H groups in total. The van der Waals surface area contributed by atoms with Crippen LogP contribution < -0.4 is 14.8 Å². The summed E-state index contributed by atoms with van der Waals surface area (Å²) < 4.78 is 10.6. The molecule has 3 aromatic carbocycles. The van der Waals surface area contributed by atoms with Crippen molar-refractivity contribution >= 4 is 11.7 Å². The molecule has 0 fully saturated rings. The van der Waals surface area contributed by atoms with Crippen LogP contribution in [0, 0.1) is 0 Å². The van der Waals surface area contributed by atoms with Gasteiger partial charge in [0, 0.05) is 24.0 Å². The van der Waals surface area contributed by atoms with Gasteiger partial charge in [0.25, 0.3) is 0 Å². The first-order valence-corrected chi connectivity index (χ1v) is 10.2. The molecule has 0 saturated carbocycles. The van der Waals surface area contributed by atoms with E-state index < -0.39 is 0 Å². The van der Waals surface area contributed by atoms with Crippen molar-refractivity contribution in [3.63, 3.8) is 0 Å². The van der Waals surface area contributed by atoms with Crippen LogP contribution in [0.3, 0.4) is 0 Å². The lowest BCUT2D eigenvalue weighted by atomic mass is 10.0. The second-order valence-electron chi connectivity index (χ2n) is 7.26. The van der Waals surface area contributed by atoms with Gasteiger partial charge < -0.3 is 14.8 Å². The SMILES string of the molecule is COc1ccc(OC)c([C@@H](C)NC(=O)CCC(=O)c2ccc(-c3ccccc3)cc2)c1. The molecule has 3 aromatic rings. The maximum absolute atomic E-state index is 12.5. The fourth-order valence-electron chi connectivity index (χ4n) is 3.42. The number of rotatable bonds is 9. The number of nitrogens with one attached hydrogen (secondary N) is 1. The van der Waals surface area contributed by atoms with Crippen molar-refractivity contribution in [3.8, 4) is 22.6 Å². The van der Waals surface area contributed by atoms with Crippen molar-refractivity contribution in [2.45, 2.75) is 25.8 Å². The fraction of sp³-hybridized carbons (Fsp3) is 0.231. The van der Waals surface area contributed by atoms with Crippen molar-refractivity contribution < 1.29 is 19.1 Å². The van der Waals surface area contributed by atoms with E-state index in [1.54, 1.807) is 26.4 Å². The number of amides is 1. The Morgan fingerprint density at radius 1 is 0.839 bits per heavy atom. The van der Waals surface area contributed by atoms with Crippen LogP contribution in [0.4, 0.5) is 0 Å². The lowest BCUT2D eigenvalue weighted by Crippen LogP contribution is -2.27. The Labute approximate surface area is 183 Å². The van der Waals surface area contributed by atoms with E-state index in [4.69, 9.17) is 9.47 Å². The molecule has 0 aliphatic carbocycles. The number of methoxy groups -OCH3 is 2. The summed E-state index contributed by atoms with van der Waals surface area (Å²) in [7, 11) is 3.18. The molecule has 5 heteroatoms. The van der Waals surface area contributed by atoms with E-state index in [-0.39, 0.29) is 30.6 Å². The van der Waals surface area contributed by atoms with Crippen LogP contribution in [-0.2, 0) is 4.79 Å². The summed E-state index contributed by atoms with van der Waals surface area (Å²) in [5.74, 6) is 1.11. The van der Waals surface area contributed by atoms with Crippen LogP contribution in [0.2, 0.25) is 0 Å². The van der Waals surface area contributed by atoms with Gasteiger partial charge in [0.2, 0.25) is 5.91 Å². The Balaban J connectivity index is 1.56. The van der Waals surface area contributed by atoms with Gasteiger partial charge in [-0.3, -0.25) is 9.59 Å². The molecule has 0 aromatic heterocycles. The number of ketones is 1. The van der Waals surface area contributed by atoms with Crippen LogP contribution in [0.15, 0.2) is 72.8 Å². The Morgan fingerprint density at radius 2 is 1.52 bits per heavy atom. The predicted octanol–water partition coefficient (Wildman–Crippen LogP) is 5.21. The number of benzene rings is 3. The van der Waals surface area contributed by atoms with E-state index in [0.29, 0.717) is 17.1 Å². The molecule has 5 nitrogen and oxygen atoms in total. The van der Waals surface area contributed by atoms with Crippen molar-refractivity contribution in [1.29, 1.82) is 0 Å². The number of carbonyl (C=O) groups is 2. The maximum Gasteiger partial charge on any atom is 0.220 e. The Kier molecular flexibility index (Phi) is 7.44.